The number of hydrogen-bond acceptors (Lipinski definition) is 5. The van der Waals surface area contributed by atoms with Gasteiger partial charge in [-0.1, -0.05) is 0 Å². The van der Waals surface area contributed by atoms with Crippen molar-refractivity contribution in [1.29, 1.82) is 0 Å². The summed E-state index contributed by atoms with van der Waals surface area (Å²) in [6.45, 7) is 1.37. The smallest absolute Gasteiger partial charge is 0.308 e. The van der Waals surface area contributed by atoms with Crippen LogP contribution in [0.1, 0.15) is 19.3 Å². The van der Waals surface area contributed by atoms with Crippen LogP contribution >= 0.6 is 0 Å². The number of amides is 1. The van der Waals surface area contributed by atoms with E-state index in [1.54, 1.807) is 17.0 Å². The number of hydrogen-bond donors (Lipinski definition) is 2. The molecule has 1 aliphatic heterocycles. The molecule has 1 fully saturated rings. The van der Waals surface area contributed by atoms with E-state index in [2.05, 4.69) is 5.32 Å². The second kappa shape index (κ2) is 7.57. The third kappa shape index (κ3) is 4.67. The van der Waals surface area contributed by atoms with Crippen LogP contribution < -0.4 is 5.32 Å². The molecule has 0 saturated carbocycles. The minimum atomic E-state index is -0.847. The number of carbonyl (C=O) groups is 2. The maximum absolute atomic E-state index is 12.0. The molecule has 1 heterocycles. The Hall–Kier alpha value is -2.64. The second-order valence-electron chi connectivity index (χ2n) is 5.50. The molecule has 2 rings (SSSR count). The summed E-state index contributed by atoms with van der Waals surface area (Å²) in [5, 5.41) is 22.6. The van der Waals surface area contributed by atoms with Crippen molar-refractivity contribution < 1.29 is 19.6 Å². The highest BCUT2D eigenvalue weighted by Gasteiger charge is 2.30. The number of carboxylic acid groups (broad SMARTS) is 1. The van der Waals surface area contributed by atoms with Gasteiger partial charge in [0.05, 0.1) is 10.8 Å². The van der Waals surface area contributed by atoms with E-state index < -0.39 is 16.8 Å². The van der Waals surface area contributed by atoms with Crippen LogP contribution in [0.4, 0.5) is 11.4 Å². The maximum Gasteiger partial charge on any atom is 0.308 e. The van der Waals surface area contributed by atoms with Gasteiger partial charge in [-0.25, -0.2) is 0 Å². The summed E-state index contributed by atoms with van der Waals surface area (Å²) in [5.74, 6) is -1.32. The molecule has 0 aromatic heterocycles. The number of non-ortho nitro benzene ring substituents is 1. The van der Waals surface area contributed by atoms with Crippen LogP contribution in [-0.2, 0) is 9.59 Å². The summed E-state index contributed by atoms with van der Waals surface area (Å²) >= 11 is 0. The van der Waals surface area contributed by atoms with E-state index in [4.69, 9.17) is 5.11 Å². The van der Waals surface area contributed by atoms with Gasteiger partial charge in [-0.3, -0.25) is 19.7 Å². The highest BCUT2D eigenvalue weighted by Crippen LogP contribution is 2.18. The third-order valence-electron chi connectivity index (χ3n) is 3.86. The summed E-state index contributed by atoms with van der Waals surface area (Å²) in [4.78, 5) is 34.5. The Balaban J connectivity index is 1.68. The highest BCUT2D eigenvalue weighted by molar-refractivity contribution is 5.78. The maximum atomic E-state index is 12.0. The molecule has 0 radical (unpaired) electrons. The number of carbonyl (C=O) groups excluding carboxylic acids is 1. The zero-order valence-electron chi connectivity index (χ0n) is 12.6. The van der Waals surface area contributed by atoms with Crippen LogP contribution in [0.15, 0.2) is 24.3 Å². The molecule has 1 amide bonds. The van der Waals surface area contributed by atoms with Crippen molar-refractivity contribution in [3.63, 3.8) is 0 Å². The van der Waals surface area contributed by atoms with Gasteiger partial charge in [-0.05, 0) is 25.0 Å². The van der Waals surface area contributed by atoms with Crippen LogP contribution in [0.3, 0.4) is 0 Å². The van der Waals surface area contributed by atoms with Gasteiger partial charge in [0.25, 0.3) is 5.69 Å². The topological polar surface area (TPSA) is 113 Å². The molecule has 1 aliphatic rings. The molecule has 8 heteroatoms. The number of aliphatic carboxylic acids is 1. The van der Waals surface area contributed by atoms with Crippen LogP contribution in [-0.4, -0.2) is 46.4 Å². The SMILES string of the molecule is O=C(O)C1CCN(C(=O)CCCNc2ccc([N+](=O)[O-])cc2)C1. The molecular weight excluding hydrogens is 302 g/mol. The molecule has 1 aromatic rings. The quantitative estimate of drug-likeness (QED) is 0.449. The molecule has 2 N–H and O–H groups in total. The second-order valence-corrected chi connectivity index (χ2v) is 5.50. The molecule has 1 unspecified atom stereocenters. The van der Waals surface area contributed by atoms with Gasteiger partial charge >= 0.3 is 5.97 Å². The van der Waals surface area contributed by atoms with Gasteiger partial charge in [0.2, 0.25) is 5.91 Å². The summed E-state index contributed by atoms with van der Waals surface area (Å²) in [5.41, 5.74) is 0.794. The van der Waals surface area contributed by atoms with Gasteiger partial charge < -0.3 is 15.3 Å². The van der Waals surface area contributed by atoms with Crippen LogP contribution in [0.5, 0.6) is 0 Å². The lowest BCUT2D eigenvalue weighted by Crippen LogP contribution is -2.30. The van der Waals surface area contributed by atoms with Gasteiger partial charge in [0, 0.05) is 43.9 Å². The Morgan fingerprint density at radius 3 is 2.61 bits per heavy atom. The fraction of sp³-hybridized carbons (Fsp3) is 0.467. The summed E-state index contributed by atoms with van der Waals surface area (Å²) in [6, 6.07) is 6.09. The zero-order valence-corrected chi connectivity index (χ0v) is 12.6. The van der Waals surface area contributed by atoms with Crippen LogP contribution in [0.2, 0.25) is 0 Å². The van der Waals surface area contributed by atoms with Crippen LogP contribution in [0.25, 0.3) is 0 Å². The van der Waals surface area contributed by atoms with Gasteiger partial charge in [-0.15, -0.1) is 0 Å². The summed E-state index contributed by atoms with van der Waals surface area (Å²) in [6.07, 6.45) is 1.48. The molecule has 1 aromatic carbocycles. The Labute approximate surface area is 133 Å². The fourth-order valence-electron chi connectivity index (χ4n) is 2.52. The van der Waals surface area contributed by atoms with Crippen molar-refractivity contribution >= 4 is 23.3 Å². The molecule has 0 spiro atoms. The Bertz CT molecular complexity index is 587. The summed E-state index contributed by atoms with van der Waals surface area (Å²) in [7, 11) is 0. The van der Waals surface area contributed by atoms with Crippen molar-refractivity contribution in [3.8, 4) is 0 Å². The number of nitrogens with one attached hydrogen (secondary N) is 1. The van der Waals surface area contributed by atoms with Gasteiger partial charge in [-0.2, -0.15) is 0 Å². The van der Waals surface area contributed by atoms with Crippen molar-refractivity contribution in [2.75, 3.05) is 25.0 Å². The number of nitro groups is 1. The van der Waals surface area contributed by atoms with Gasteiger partial charge in [0.15, 0.2) is 0 Å². The normalized spacial score (nSPS) is 17.0. The molecular formula is C15H19N3O5. The number of rotatable bonds is 7. The van der Waals surface area contributed by atoms with E-state index in [0.29, 0.717) is 38.9 Å². The zero-order chi connectivity index (χ0) is 16.8. The molecule has 23 heavy (non-hydrogen) atoms. The first-order valence-electron chi connectivity index (χ1n) is 7.46. The lowest BCUT2D eigenvalue weighted by atomic mass is 10.1. The Morgan fingerprint density at radius 1 is 1.35 bits per heavy atom. The van der Waals surface area contributed by atoms with Crippen molar-refractivity contribution in [3.05, 3.63) is 34.4 Å². The number of benzene rings is 1. The van der Waals surface area contributed by atoms with Crippen molar-refractivity contribution in [1.82, 2.24) is 4.90 Å². The number of nitro benzene ring substituents is 1. The van der Waals surface area contributed by atoms with Crippen LogP contribution in [0, 0.1) is 16.0 Å². The fourth-order valence-corrected chi connectivity index (χ4v) is 2.52. The lowest BCUT2D eigenvalue weighted by molar-refractivity contribution is -0.384. The lowest BCUT2D eigenvalue weighted by Gasteiger charge is -2.15. The van der Waals surface area contributed by atoms with Crippen molar-refractivity contribution in [2.45, 2.75) is 19.3 Å². The first kappa shape index (κ1) is 16.7. The number of carboxylic acids is 1. The van der Waals surface area contributed by atoms with E-state index in [9.17, 15) is 19.7 Å². The Kier molecular flexibility index (Phi) is 5.51. The van der Waals surface area contributed by atoms with E-state index in [-0.39, 0.29) is 11.6 Å². The molecule has 124 valence electrons. The van der Waals surface area contributed by atoms with E-state index in [1.807, 2.05) is 0 Å². The van der Waals surface area contributed by atoms with Gasteiger partial charge in [0.1, 0.15) is 0 Å². The third-order valence-corrected chi connectivity index (χ3v) is 3.86. The summed E-state index contributed by atoms with van der Waals surface area (Å²) < 4.78 is 0. The van der Waals surface area contributed by atoms with E-state index in [1.165, 1.54) is 12.1 Å². The molecule has 1 saturated heterocycles. The average molecular weight is 321 g/mol. The first-order chi connectivity index (χ1) is 11.0. The van der Waals surface area contributed by atoms with E-state index >= 15 is 0 Å². The largest absolute Gasteiger partial charge is 0.481 e. The molecule has 8 nitrogen and oxygen atoms in total. The number of anilines is 1. The number of nitrogens with zero attached hydrogens (tertiary/aromatic N) is 2. The first-order valence-corrected chi connectivity index (χ1v) is 7.46. The molecule has 0 bridgehead atoms. The van der Waals surface area contributed by atoms with Crippen molar-refractivity contribution in [2.24, 2.45) is 5.92 Å². The van der Waals surface area contributed by atoms with E-state index in [0.717, 1.165) is 5.69 Å². The number of likely N-dealkylation sites (tertiary alicyclic amines) is 1. The average Bonchev–Trinajstić information content (AvgIpc) is 3.02. The monoisotopic (exact) mass is 321 g/mol. The molecule has 1 atom stereocenters. The minimum absolute atomic E-state index is 0.0285. The standard InChI is InChI=1S/C15H19N3O5/c19-14(17-9-7-11(10-17)15(20)21)2-1-8-16-12-3-5-13(6-4-12)18(22)23/h3-6,11,16H,1-2,7-10H2,(H,20,21). The minimum Gasteiger partial charge on any atom is -0.481 e. The molecule has 0 aliphatic carbocycles. The predicted molar refractivity (Wildman–Crippen MR) is 83.1 cm³/mol. The highest BCUT2D eigenvalue weighted by atomic mass is 16.6. The Morgan fingerprint density at radius 2 is 2.04 bits per heavy atom. The predicted octanol–water partition coefficient (Wildman–Crippen LogP) is 1.72.